The number of hydrogen-bond donors (Lipinski definition) is 0. The highest BCUT2D eigenvalue weighted by molar-refractivity contribution is 5.90. The molecular formula is C22H24N2O5. The quantitative estimate of drug-likeness (QED) is 0.550. The summed E-state index contributed by atoms with van der Waals surface area (Å²) in [6.45, 7) is 6.21. The van der Waals surface area contributed by atoms with Crippen molar-refractivity contribution in [2.75, 3.05) is 7.11 Å². The molecule has 0 spiro atoms. The molecule has 29 heavy (non-hydrogen) atoms. The van der Waals surface area contributed by atoms with Crippen molar-refractivity contribution in [1.82, 2.24) is 10.1 Å². The van der Waals surface area contributed by atoms with Crippen molar-refractivity contribution in [1.29, 1.82) is 0 Å². The van der Waals surface area contributed by atoms with Crippen molar-refractivity contribution < 1.29 is 23.5 Å². The van der Waals surface area contributed by atoms with Crippen molar-refractivity contribution in [2.45, 2.75) is 39.4 Å². The number of carbonyl (C=O) groups excluding carboxylic acids is 1. The van der Waals surface area contributed by atoms with E-state index in [2.05, 4.69) is 10.1 Å². The number of rotatable bonds is 7. The molecule has 0 aliphatic carbocycles. The fraction of sp³-hybridized carbons (Fsp3) is 0.318. The third-order valence-electron chi connectivity index (χ3n) is 4.08. The van der Waals surface area contributed by atoms with Crippen molar-refractivity contribution in [3.63, 3.8) is 0 Å². The largest absolute Gasteiger partial charge is 0.493 e. The van der Waals surface area contributed by atoms with Gasteiger partial charge < -0.3 is 18.7 Å². The van der Waals surface area contributed by atoms with Gasteiger partial charge in [-0.05, 0) is 23.8 Å². The van der Waals surface area contributed by atoms with Crippen LogP contribution in [0.3, 0.4) is 0 Å². The summed E-state index contributed by atoms with van der Waals surface area (Å²) < 4.78 is 21.6. The zero-order chi connectivity index (χ0) is 20.9. The molecule has 0 aliphatic heterocycles. The van der Waals surface area contributed by atoms with Gasteiger partial charge in [0.25, 0.3) is 0 Å². The summed E-state index contributed by atoms with van der Waals surface area (Å²) in [4.78, 5) is 16.6. The van der Waals surface area contributed by atoms with E-state index in [0.29, 0.717) is 35.4 Å². The monoisotopic (exact) mass is 396 g/mol. The van der Waals surface area contributed by atoms with E-state index in [0.717, 1.165) is 5.56 Å². The Balaban J connectivity index is 1.62. The van der Waals surface area contributed by atoms with E-state index in [1.54, 1.807) is 18.2 Å². The lowest BCUT2D eigenvalue weighted by molar-refractivity contribution is 0.0459. The molecule has 0 saturated heterocycles. The minimum absolute atomic E-state index is 0.0764. The van der Waals surface area contributed by atoms with E-state index < -0.39 is 5.97 Å². The second-order valence-electron chi connectivity index (χ2n) is 7.48. The summed E-state index contributed by atoms with van der Waals surface area (Å²) in [6.07, 6.45) is 0. The Morgan fingerprint density at radius 1 is 1.03 bits per heavy atom. The normalized spacial score (nSPS) is 11.2. The highest BCUT2D eigenvalue weighted by Gasteiger charge is 2.22. The predicted octanol–water partition coefficient (Wildman–Crippen LogP) is 4.31. The van der Waals surface area contributed by atoms with Gasteiger partial charge in [-0.3, -0.25) is 0 Å². The number of ether oxygens (including phenoxy) is 3. The minimum Gasteiger partial charge on any atom is -0.493 e. The van der Waals surface area contributed by atoms with Crippen LogP contribution in [0.25, 0.3) is 0 Å². The first-order chi connectivity index (χ1) is 13.9. The maximum Gasteiger partial charge on any atom is 0.338 e. The lowest BCUT2D eigenvalue weighted by atomic mass is 9.97. The molecular weight excluding hydrogens is 372 g/mol. The lowest BCUT2D eigenvalue weighted by Gasteiger charge is -2.12. The van der Waals surface area contributed by atoms with E-state index in [1.807, 2.05) is 51.1 Å². The third-order valence-corrected chi connectivity index (χ3v) is 4.08. The first-order valence-electron chi connectivity index (χ1n) is 9.22. The van der Waals surface area contributed by atoms with Gasteiger partial charge in [0, 0.05) is 5.41 Å². The van der Waals surface area contributed by atoms with E-state index in [1.165, 1.54) is 7.11 Å². The molecule has 0 saturated carbocycles. The molecule has 0 amide bonds. The van der Waals surface area contributed by atoms with Crippen LogP contribution in [0, 0.1) is 0 Å². The Morgan fingerprint density at radius 3 is 2.45 bits per heavy atom. The fourth-order valence-electron chi connectivity index (χ4n) is 2.48. The fourth-order valence-corrected chi connectivity index (χ4v) is 2.48. The van der Waals surface area contributed by atoms with Crippen LogP contribution >= 0.6 is 0 Å². The summed E-state index contributed by atoms with van der Waals surface area (Å²) in [7, 11) is 1.52. The van der Waals surface area contributed by atoms with Gasteiger partial charge in [0.05, 0.1) is 12.7 Å². The van der Waals surface area contributed by atoms with Gasteiger partial charge in [-0.1, -0.05) is 56.3 Å². The molecule has 0 fully saturated rings. The van der Waals surface area contributed by atoms with Crippen molar-refractivity contribution in [3.05, 3.63) is 71.4 Å². The maximum atomic E-state index is 12.4. The van der Waals surface area contributed by atoms with Crippen molar-refractivity contribution in [3.8, 4) is 11.5 Å². The van der Waals surface area contributed by atoms with E-state index >= 15 is 0 Å². The van der Waals surface area contributed by atoms with Crippen LogP contribution in [0.5, 0.6) is 11.5 Å². The van der Waals surface area contributed by atoms with Crippen LogP contribution in [0.1, 0.15) is 48.4 Å². The van der Waals surface area contributed by atoms with E-state index in [-0.39, 0.29) is 12.0 Å². The van der Waals surface area contributed by atoms with Crippen LogP contribution in [0.15, 0.2) is 53.1 Å². The van der Waals surface area contributed by atoms with Crippen molar-refractivity contribution >= 4 is 5.97 Å². The second kappa shape index (κ2) is 8.77. The number of carbonyl (C=O) groups is 1. The molecule has 0 N–H and O–H groups in total. The summed E-state index contributed by atoms with van der Waals surface area (Å²) in [5, 5.41) is 3.84. The minimum atomic E-state index is -0.514. The molecule has 0 unspecified atom stereocenters. The number of hydrogen-bond acceptors (Lipinski definition) is 7. The maximum absolute atomic E-state index is 12.4. The van der Waals surface area contributed by atoms with Gasteiger partial charge in [-0.2, -0.15) is 4.98 Å². The molecule has 0 radical (unpaired) electrons. The molecule has 152 valence electrons. The topological polar surface area (TPSA) is 83.7 Å². The number of benzene rings is 2. The Bertz CT molecular complexity index is 961. The Morgan fingerprint density at radius 2 is 1.79 bits per heavy atom. The lowest BCUT2D eigenvalue weighted by Crippen LogP contribution is -2.12. The smallest absolute Gasteiger partial charge is 0.338 e. The van der Waals surface area contributed by atoms with Gasteiger partial charge >= 0.3 is 5.97 Å². The molecule has 3 aromatic rings. The molecule has 0 aliphatic rings. The second-order valence-corrected chi connectivity index (χ2v) is 7.48. The average Bonchev–Trinajstić information content (AvgIpc) is 3.21. The highest BCUT2D eigenvalue weighted by Crippen LogP contribution is 2.29. The summed E-state index contributed by atoms with van der Waals surface area (Å²) in [5.41, 5.74) is 1.11. The number of esters is 1. The molecule has 7 nitrogen and oxygen atoms in total. The van der Waals surface area contributed by atoms with Gasteiger partial charge in [0.15, 0.2) is 18.1 Å². The molecule has 1 heterocycles. The zero-order valence-electron chi connectivity index (χ0n) is 17.0. The average molecular weight is 396 g/mol. The summed E-state index contributed by atoms with van der Waals surface area (Å²) in [5.74, 6) is 1.29. The number of nitrogens with zero attached hydrogens (tertiary/aromatic N) is 2. The van der Waals surface area contributed by atoms with Crippen LogP contribution in [0.4, 0.5) is 0 Å². The van der Waals surface area contributed by atoms with Crippen molar-refractivity contribution in [2.24, 2.45) is 0 Å². The number of aromatic nitrogens is 2. The molecule has 2 aromatic carbocycles. The van der Waals surface area contributed by atoms with Gasteiger partial charge in [0.2, 0.25) is 11.7 Å². The van der Waals surface area contributed by atoms with E-state index in [4.69, 9.17) is 18.7 Å². The predicted molar refractivity (Wildman–Crippen MR) is 106 cm³/mol. The standard InChI is InChI=1S/C22H24N2O5/c1-22(2,3)21-23-19(24-29-21)14-28-20(25)16-10-11-17(18(12-16)26-4)27-13-15-8-6-5-7-9-15/h5-12H,13-14H2,1-4H3. The molecule has 0 bridgehead atoms. The first kappa shape index (κ1) is 20.4. The molecule has 3 rings (SSSR count). The molecule has 0 atom stereocenters. The van der Waals surface area contributed by atoms with E-state index in [9.17, 15) is 4.79 Å². The SMILES string of the molecule is COc1cc(C(=O)OCc2noc(C(C)(C)C)n2)ccc1OCc1ccccc1. The number of methoxy groups -OCH3 is 1. The van der Waals surface area contributed by atoms with Crippen LogP contribution in [0.2, 0.25) is 0 Å². The molecule has 7 heteroatoms. The van der Waals surface area contributed by atoms with Gasteiger partial charge in [-0.25, -0.2) is 4.79 Å². The van der Waals surface area contributed by atoms with Crippen LogP contribution in [-0.4, -0.2) is 23.2 Å². The van der Waals surface area contributed by atoms with Crippen LogP contribution in [-0.2, 0) is 23.4 Å². The summed E-state index contributed by atoms with van der Waals surface area (Å²) in [6, 6.07) is 14.7. The van der Waals surface area contributed by atoms with Gasteiger partial charge in [0.1, 0.15) is 6.61 Å². The Hall–Kier alpha value is -3.35. The zero-order valence-corrected chi connectivity index (χ0v) is 17.0. The van der Waals surface area contributed by atoms with Crippen LogP contribution < -0.4 is 9.47 Å². The Kier molecular flexibility index (Phi) is 6.16. The highest BCUT2D eigenvalue weighted by atomic mass is 16.5. The summed E-state index contributed by atoms with van der Waals surface area (Å²) >= 11 is 0. The first-order valence-corrected chi connectivity index (χ1v) is 9.22. The molecule has 1 aromatic heterocycles. The Labute approximate surface area is 169 Å². The third kappa shape index (κ3) is 5.34. The van der Waals surface area contributed by atoms with Gasteiger partial charge in [-0.15, -0.1) is 0 Å².